The zero-order chi connectivity index (χ0) is 39.2. The van der Waals surface area contributed by atoms with Crippen molar-refractivity contribution in [1.29, 1.82) is 0 Å². The van der Waals surface area contributed by atoms with E-state index >= 15 is 0 Å². The topological polar surface area (TPSA) is 38.7 Å². The van der Waals surface area contributed by atoms with E-state index < -0.39 is 5.41 Å². The largest absolute Gasteiger partial charge is 0.208 e. The molecule has 1 aliphatic rings. The minimum atomic E-state index is -0.481. The van der Waals surface area contributed by atoms with Crippen LogP contribution in [0.25, 0.3) is 78.3 Å². The molecular formula is C56H37N3. The molecule has 0 N–H and O–H groups in total. The molecule has 11 rings (SSSR count). The van der Waals surface area contributed by atoms with Gasteiger partial charge in [0.15, 0.2) is 17.5 Å². The van der Waals surface area contributed by atoms with Crippen molar-refractivity contribution in [1.82, 2.24) is 15.0 Å². The first-order chi connectivity index (χ1) is 29.3. The van der Waals surface area contributed by atoms with Crippen molar-refractivity contribution in [2.45, 2.75) is 5.41 Å². The molecular weight excluding hydrogens is 715 g/mol. The molecule has 0 radical (unpaired) electrons. The highest BCUT2D eigenvalue weighted by Crippen LogP contribution is 2.59. The Morgan fingerprint density at radius 1 is 0.271 bits per heavy atom. The maximum Gasteiger partial charge on any atom is 0.164 e. The second-order valence-electron chi connectivity index (χ2n) is 15.1. The minimum absolute atomic E-state index is 0.481. The van der Waals surface area contributed by atoms with E-state index in [4.69, 9.17) is 15.0 Å². The third kappa shape index (κ3) is 5.70. The van der Waals surface area contributed by atoms with E-state index in [9.17, 15) is 0 Å². The Bertz CT molecular complexity index is 3030. The maximum atomic E-state index is 5.02. The summed E-state index contributed by atoms with van der Waals surface area (Å²) in [5.74, 6) is 1.93. The quantitative estimate of drug-likeness (QED) is 0.163. The lowest BCUT2D eigenvalue weighted by molar-refractivity contribution is 0.768. The van der Waals surface area contributed by atoms with E-state index in [1.807, 2.05) is 60.7 Å². The molecule has 1 aliphatic carbocycles. The van der Waals surface area contributed by atoms with Crippen LogP contribution in [-0.4, -0.2) is 15.0 Å². The Morgan fingerprint density at radius 2 is 0.712 bits per heavy atom. The van der Waals surface area contributed by atoms with Gasteiger partial charge in [-0.25, -0.2) is 15.0 Å². The van der Waals surface area contributed by atoms with E-state index in [-0.39, 0.29) is 0 Å². The van der Waals surface area contributed by atoms with Crippen molar-refractivity contribution in [2.75, 3.05) is 0 Å². The Labute approximate surface area is 344 Å². The van der Waals surface area contributed by atoms with Crippen molar-refractivity contribution < 1.29 is 0 Å². The zero-order valence-corrected chi connectivity index (χ0v) is 32.2. The molecule has 3 nitrogen and oxygen atoms in total. The van der Waals surface area contributed by atoms with Crippen molar-refractivity contribution in [2.24, 2.45) is 0 Å². The summed E-state index contributed by atoms with van der Waals surface area (Å²) in [6.07, 6.45) is 0. The van der Waals surface area contributed by atoms with Crippen LogP contribution in [0.1, 0.15) is 22.3 Å². The van der Waals surface area contributed by atoms with Gasteiger partial charge in [-0.05, 0) is 66.4 Å². The van der Waals surface area contributed by atoms with Gasteiger partial charge in [0, 0.05) is 16.7 Å². The van der Waals surface area contributed by atoms with Crippen LogP contribution >= 0.6 is 0 Å². The molecule has 0 spiro atoms. The van der Waals surface area contributed by atoms with Gasteiger partial charge >= 0.3 is 0 Å². The molecule has 276 valence electrons. The Kier molecular flexibility index (Phi) is 8.37. The van der Waals surface area contributed by atoms with Gasteiger partial charge < -0.3 is 0 Å². The van der Waals surface area contributed by atoms with Crippen LogP contribution in [0.4, 0.5) is 0 Å². The summed E-state index contributed by atoms with van der Waals surface area (Å²) in [5, 5.41) is 2.40. The van der Waals surface area contributed by atoms with Crippen molar-refractivity contribution in [3.05, 3.63) is 247 Å². The van der Waals surface area contributed by atoms with Gasteiger partial charge in [0.05, 0.1) is 5.41 Å². The number of hydrogen-bond donors (Lipinski definition) is 0. The molecule has 0 fully saturated rings. The minimum Gasteiger partial charge on any atom is -0.208 e. The molecule has 10 aromatic rings. The number of benzene rings is 9. The maximum absolute atomic E-state index is 5.02. The SMILES string of the molecule is c1ccc(-c2nc(-c3ccccc3)nc(-c3ccc(-c4c(-c5cccc6c5-c5ccccc5C6(c5ccccc5)c5ccccc5)ccc5ccccc45)cc3)n2)cc1. The number of fused-ring (bicyclic) bond motifs is 4. The van der Waals surface area contributed by atoms with E-state index in [1.54, 1.807) is 0 Å². The molecule has 0 saturated carbocycles. The predicted octanol–water partition coefficient (Wildman–Crippen LogP) is 13.7. The summed E-state index contributed by atoms with van der Waals surface area (Å²) in [7, 11) is 0. The lowest BCUT2D eigenvalue weighted by Crippen LogP contribution is -2.28. The fraction of sp³-hybridized carbons (Fsp3) is 0.0179. The average molecular weight is 752 g/mol. The molecule has 3 heteroatoms. The molecule has 59 heavy (non-hydrogen) atoms. The fourth-order valence-corrected chi connectivity index (χ4v) is 9.25. The standard InChI is InChI=1S/C56H37N3/c1-5-19-40(20-6-1)53-57-54(41-21-7-2-8-22-41)59-55(58-53)42-34-32-39(33-35-42)51-45-27-14-13-18-38(45)36-37-47(51)46-29-17-31-50-52(46)48-28-15-16-30-49(48)56(50,43-23-9-3-10-24-43)44-25-11-4-12-26-44/h1-37H. The van der Waals surface area contributed by atoms with Crippen LogP contribution in [0.3, 0.4) is 0 Å². The number of nitrogens with zero attached hydrogens (tertiary/aromatic N) is 3. The Morgan fingerprint density at radius 3 is 1.32 bits per heavy atom. The average Bonchev–Trinajstić information content (AvgIpc) is 3.63. The van der Waals surface area contributed by atoms with E-state index in [0.717, 1.165) is 22.3 Å². The Balaban J connectivity index is 1.11. The molecule has 0 aliphatic heterocycles. The lowest BCUT2D eigenvalue weighted by atomic mass is 9.67. The predicted molar refractivity (Wildman–Crippen MR) is 242 cm³/mol. The van der Waals surface area contributed by atoms with E-state index in [1.165, 1.54) is 60.8 Å². The molecule has 0 amide bonds. The van der Waals surface area contributed by atoms with E-state index in [0.29, 0.717) is 17.5 Å². The highest BCUT2D eigenvalue weighted by molar-refractivity contribution is 6.07. The molecule has 1 aromatic heterocycles. The van der Waals surface area contributed by atoms with Crippen molar-refractivity contribution in [3.63, 3.8) is 0 Å². The summed E-state index contributed by atoms with van der Waals surface area (Å²) in [6.45, 7) is 0. The number of rotatable bonds is 7. The summed E-state index contributed by atoms with van der Waals surface area (Å²) >= 11 is 0. The van der Waals surface area contributed by atoms with Crippen molar-refractivity contribution in [3.8, 4) is 67.5 Å². The van der Waals surface area contributed by atoms with E-state index in [2.05, 4.69) is 164 Å². The van der Waals surface area contributed by atoms with Crippen molar-refractivity contribution >= 4 is 10.8 Å². The van der Waals surface area contributed by atoms with Gasteiger partial charge in [-0.2, -0.15) is 0 Å². The third-order valence-corrected chi connectivity index (χ3v) is 11.8. The van der Waals surface area contributed by atoms with Gasteiger partial charge in [0.2, 0.25) is 0 Å². The first-order valence-electron chi connectivity index (χ1n) is 20.1. The van der Waals surface area contributed by atoms with Crippen LogP contribution in [0.2, 0.25) is 0 Å². The number of aromatic nitrogens is 3. The third-order valence-electron chi connectivity index (χ3n) is 11.8. The van der Waals surface area contributed by atoms with Crippen LogP contribution in [0.5, 0.6) is 0 Å². The van der Waals surface area contributed by atoms with Crippen LogP contribution in [0, 0.1) is 0 Å². The molecule has 1 heterocycles. The fourth-order valence-electron chi connectivity index (χ4n) is 9.25. The monoisotopic (exact) mass is 751 g/mol. The lowest BCUT2D eigenvalue weighted by Gasteiger charge is -2.34. The highest BCUT2D eigenvalue weighted by Gasteiger charge is 2.46. The molecule has 0 unspecified atom stereocenters. The van der Waals surface area contributed by atoms with Gasteiger partial charge in [0.25, 0.3) is 0 Å². The summed E-state index contributed by atoms with van der Waals surface area (Å²) in [5.41, 5.74) is 14.7. The molecule has 9 aromatic carbocycles. The van der Waals surface area contributed by atoms with Crippen LogP contribution < -0.4 is 0 Å². The Hall–Kier alpha value is -7.75. The number of hydrogen-bond acceptors (Lipinski definition) is 3. The summed E-state index contributed by atoms with van der Waals surface area (Å²) in [6, 6.07) is 80.2. The molecule has 0 atom stereocenters. The second kappa shape index (κ2) is 14.3. The first kappa shape index (κ1) is 34.5. The van der Waals surface area contributed by atoms with Gasteiger partial charge in [-0.15, -0.1) is 0 Å². The smallest absolute Gasteiger partial charge is 0.164 e. The zero-order valence-electron chi connectivity index (χ0n) is 32.2. The first-order valence-corrected chi connectivity index (χ1v) is 20.1. The van der Waals surface area contributed by atoms with Gasteiger partial charge in [-0.1, -0.05) is 224 Å². The molecule has 0 bridgehead atoms. The van der Waals surface area contributed by atoms with Crippen LogP contribution in [0.15, 0.2) is 224 Å². The highest BCUT2D eigenvalue weighted by atomic mass is 15.0. The van der Waals surface area contributed by atoms with Gasteiger partial charge in [0.1, 0.15) is 0 Å². The molecule has 0 saturated heterocycles. The normalized spacial score (nSPS) is 12.5. The summed E-state index contributed by atoms with van der Waals surface area (Å²) < 4.78 is 0. The van der Waals surface area contributed by atoms with Crippen LogP contribution in [-0.2, 0) is 5.41 Å². The summed E-state index contributed by atoms with van der Waals surface area (Å²) in [4.78, 5) is 15.0. The second-order valence-corrected chi connectivity index (χ2v) is 15.1. The van der Waals surface area contributed by atoms with Gasteiger partial charge in [-0.3, -0.25) is 0 Å².